The fourth-order valence-electron chi connectivity index (χ4n) is 2.74. The Morgan fingerprint density at radius 1 is 1.27 bits per heavy atom. The Bertz CT molecular complexity index is 677. The first kappa shape index (κ1) is 16.2. The number of hydrogen-bond donors (Lipinski definition) is 1. The molecule has 2 atom stereocenters. The molecule has 1 fully saturated rings. The Morgan fingerprint density at radius 2 is 2.00 bits per heavy atom. The summed E-state index contributed by atoms with van der Waals surface area (Å²) in [5, 5.41) is 11.1. The first-order chi connectivity index (χ1) is 10.4. The SMILES string of the molecule is CC(C)(C)c1nc2ccc(Cl)c(S[C@@H]3CCCC[C@H]3O)c2o1. The molecular weight excluding hydrogens is 318 g/mol. The van der Waals surface area contributed by atoms with Gasteiger partial charge in [-0.1, -0.05) is 45.2 Å². The highest BCUT2D eigenvalue weighted by atomic mass is 35.5. The van der Waals surface area contributed by atoms with E-state index in [1.54, 1.807) is 11.8 Å². The van der Waals surface area contributed by atoms with Crippen molar-refractivity contribution in [2.75, 3.05) is 0 Å². The molecular formula is C17H22ClNO2S. The maximum Gasteiger partial charge on any atom is 0.200 e. The predicted octanol–water partition coefficient (Wildman–Crippen LogP) is 5.17. The van der Waals surface area contributed by atoms with Gasteiger partial charge in [-0.15, -0.1) is 11.8 Å². The van der Waals surface area contributed by atoms with Gasteiger partial charge in [0.2, 0.25) is 5.89 Å². The van der Waals surface area contributed by atoms with Crippen LogP contribution in [0.15, 0.2) is 21.4 Å². The number of aliphatic hydroxyl groups is 1. The van der Waals surface area contributed by atoms with Crippen LogP contribution in [0.1, 0.15) is 52.3 Å². The molecule has 3 rings (SSSR count). The molecule has 1 heterocycles. The minimum Gasteiger partial charge on any atom is -0.439 e. The van der Waals surface area contributed by atoms with Gasteiger partial charge in [0.25, 0.3) is 0 Å². The van der Waals surface area contributed by atoms with Crippen LogP contribution in [-0.2, 0) is 5.41 Å². The summed E-state index contributed by atoms with van der Waals surface area (Å²) in [6.45, 7) is 6.24. The second-order valence-corrected chi connectivity index (χ2v) is 8.66. The number of thioether (sulfide) groups is 1. The average molecular weight is 340 g/mol. The third-order valence-corrected chi connectivity index (χ3v) is 5.96. The molecule has 3 nitrogen and oxygen atoms in total. The highest BCUT2D eigenvalue weighted by Gasteiger charge is 2.28. The van der Waals surface area contributed by atoms with Gasteiger partial charge in [0.05, 0.1) is 16.0 Å². The minimum absolute atomic E-state index is 0.141. The van der Waals surface area contributed by atoms with Crippen molar-refractivity contribution in [1.29, 1.82) is 0 Å². The first-order valence-corrected chi connectivity index (χ1v) is 9.06. The van der Waals surface area contributed by atoms with Crippen LogP contribution in [0.25, 0.3) is 11.1 Å². The van der Waals surface area contributed by atoms with Gasteiger partial charge >= 0.3 is 0 Å². The van der Waals surface area contributed by atoms with Crippen molar-refractivity contribution < 1.29 is 9.52 Å². The van der Waals surface area contributed by atoms with E-state index in [-0.39, 0.29) is 16.8 Å². The molecule has 120 valence electrons. The third kappa shape index (κ3) is 3.15. The van der Waals surface area contributed by atoms with Crippen molar-refractivity contribution >= 4 is 34.5 Å². The smallest absolute Gasteiger partial charge is 0.200 e. The van der Waals surface area contributed by atoms with Crippen LogP contribution < -0.4 is 0 Å². The Labute approximate surface area is 140 Å². The summed E-state index contributed by atoms with van der Waals surface area (Å²) in [5.41, 5.74) is 1.44. The van der Waals surface area contributed by atoms with Gasteiger partial charge in [0.1, 0.15) is 5.52 Å². The van der Waals surface area contributed by atoms with E-state index >= 15 is 0 Å². The summed E-state index contributed by atoms with van der Waals surface area (Å²) >= 11 is 8.04. The summed E-state index contributed by atoms with van der Waals surface area (Å²) in [6, 6.07) is 3.77. The van der Waals surface area contributed by atoms with Gasteiger partial charge < -0.3 is 9.52 Å². The largest absolute Gasteiger partial charge is 0.439 e. The third-order valence-electron chi connectivity index (χ3n) is 4.04. The number of benzene rings is 1. The molecule has 1 saturated carbocycles. The van der Waals surface area contributed by atoms with Crippen LogP contribution in [0.2, 0.25) is 5.02 Å². The quantitative estimate of drug-likeness (QED) is 0.819. The highest BCUT2D eigenvalue weighted by molar-refractivity contribution is 8.00. The molecule has 1 aromatic carbocycles. The summed E-state index contributed by atoms with van der Waals surface area (Å²) < 4.78 is 6.02. The van der Waals surface area contributed by atoms with Gasteiger partial charge in [-0.3, -0.25) is 0 Å². The van der Waals surface area contributed by atoms with E-state index in [0.717, 1.165) is 47.6 Å². The molecule has 1 aliphatic rings. The highest BCUT2D eigenvalue weighted by Crippen LogP contribution is 2.42. The fourth-order valence-corrected chi connectivity index (χ4v) is 4.34. The molecule has 0 amide bonds. The molecule has 1 aromatic heterocycles. The number of halogens is 1. The van der Waals surface area contributed by atoms with Crippen molar-refractivity contribution in [2.45, 2.75) is 68.1 Å². The van der Waals surface area contributed by atoms with Crippen molar-refractivity contribution in [3.8, 4) is 0 Å². The van der Waals surface area contributed by atoms with Gasteiger partial charge in [-0.25, -0.2) is 4.98 Å². The van der Waals surface area contributed by atoms with Crippen LogP contribution in [-0.4, -0.2) is 21.4 Å². The Hall–Kier alpha value is -0.710. The van der Waals surface area contributed by atoms with E-state index < -0.39 is 0 Å². The lowest BCUT2D eigenvalue weighted by Crippen LogP contribution is -2.26. The van der Waals surface area contributed by atoms with Gasteiger partial charge in [0, 0.05) is 10.7 Å². The molecule has 1 N–H and O–H groups in total. The molecule has 0 unspecified atom stereocenters. The molecule has 1 aliphatic carbocycles. The van der Waals surface area contributed by atoms with Crippen LogP contribution in [0.4, 0.5) is 0 Å². The van der Waals surface area contributed by atoms with Crippen molar-refractivity contribution in [3.05, 3.63) is 23.0 Å². The zero-order valence-corrected chi connectivity index (χ0v) is 14.8. The number of fused-ring (bicyclic) bond motifs is 1. The van der Waals surface area contributed by atoms with Crippen molar-refractivity contribution in [3.63, 3.8) is 0 Å². The van der Waals surface area contributed by atoms with E-state index in [9.17, 15) is 5.11 Å². The Balaban J connectivity index is 2.00. The molecule has 0 spiro atoms. The lowest BCUT2D eigenvalue weighted by molar-refractivity contribution is 0.137. The van der Waals surface area contributed by atoms with Crippen LogP contribution in [0.3, 0.4) is 0 Å². The number of oxazole rings is 1. The van der Waals surface area contributed by atoms with E-state index in [4.69, 9.17) is 16.0 Å². The fraction of sp³-hybridized carbons (Fsp3) is 0.588. The minimum atomic E-state index is -0.268. The van der Waals surface area contributed by atoms with E-state index in [1.807, 2.05) is 12.1 Å². The summed E-state index contributed by atoms with van der Waals surface area (Å²) in [5.74, 6) is 0.718. The van der Waals surface area contributed by atoms with E-state index in [0.29, 0.717) is 5.02 Å². The van der Waals surface area contributed by atoms with Gasteiger partial charge in [-0.05, 0) is 25.0 Å². The monoisotopic (exact) mass is 339 g/mol. The van der Waals surface area contributed by atoms with Crippen LogP contribution in [0.5, 0.6) is 0 Å². The molecule has 0 radical (unpaired) electrons. The van der Waals surface area contributed by atoms with Gasteiger partial charge in [-0.2, -0.15) is 0 Å². The van der Waals surface area contributed by atoms with E-state index in [2.05, 4.69) is 25.8 Å². The lowest BCUT2D eigenvalue weighted by atomic mass is 9.97. The molecule has 0 aliphatic heterocycles. The number of aliphatic hydroxyl groups excluding tert-OH is 1. The van der Waals surface area contributed by atoms with E-state index in [1.165, 1.54) is 0 Å². The first-order valence-electron chi connectivity index (χ1n) is 7.80. The Morgan fingerprint density at radius 3 is 2.68 bits per heavy atom. The lowest BCUT2D eigenvalue weighted by Gasteiger charge is -2.27. The number of rotatable bonds is 2. The standard InChI is InChI=1S/C17H22ClNO2S/c1-17(2,3)16-19-11-9-8-10(18)15(14(11)21-16)22-13-7-5-4-6-12(13)20/h8-9,12-13,20H,4-7H2,1-3H3/t12-,13-/m1/s1. The van der Waals surface area contributed by atoms with Crippen molar-refractivity contribution in [1.82, 2.24) is 4.98 Å². The van der Waals surface area contributed by atoms with Gasteiger partial charge in [0.15, 0.2) is 5.58 Å². The maximum atomic E-state index is 10.2. The normalized spacial score (nSPS) is 23.1. The molecule has 22 heavy (non-hydrogen) atoms. The summed E-state index contributed by atoms with van der Waals surface area (Å²) in [7, 11) is 0. The van der Waals surface area contributed by atoms with Crippen molar-refractivity contribution in [2.24, 2.45) is 0 Å². The summed E-state index contributed by atoms with van der Waals surface area (Å²) in [6.07, 6.45) is 3.88. The number of nitrogens with zero attached hydrogens (tertiary/aromatic N) is 1. The second-order valence-electron chi connectivity index (χ2n) is 7.00. The topological polar surface area (TPSA) is 46.3 Å². The number of aromatic nitrogens is 1. The zero-order valence-electron chi connectivity index (χ0n) is 13.2. The Kier molecular flexibility index (Phi) is 4.45. The molecule has 2 aromatic rings. The van der Waals surface area contributed by atoms with Crippen LogP contribution >= 0.6 is 23.4 Å². The molecule has 0 bridgehead atoms. The predicted molar refractivity (Wildman–Crippen MR) is 91.8 cm³/mol. The maximum absolute atomic E-state index is 10.2. The molecule has 0 saturated heterocycles. The molecule has 5 heteroatoms. The number of hydrogen-bond acceptors (Lipinski definition) is 4. The second kappa shape index (κ2) is 6.06. The van der Waals surface area contributed by atoms with Crippen LogP contribution in [0, 0.1) is 0 Å². The summed E-state index contributed by atoms with van der Waals surface area (Å²) in [4.78, 5) is 5.51. The average Bonchev–Trinajstić information content (AvgIpc) is 2.88. The zero-order chi connectivity index (χ0) is 15.9.